The summed E-state index contributed by atoms with van der Waals surface area (Å²) < 4.78 is 295. The van der Waals surface area contributed by atoms with E-state index in [-0.39, 0.29) is 0 Å². The number of phosphoric acid groups is 1. The number of rotatable bonds is 25. The summed E-state index contributed by atoms with van der Waals surface area (Å²) in [4.78, 5) is 25.3. The van der Waals surface area contributed by atoms with Crippen molar-refractivity contribution in [1.82, 2.24) is 0 Å². The Morgan fingerprint density at radius 3 is 2.06 bits per heavy atom. The number of hydrogen-bond donors (Lipinski definition) is 2. The largest absolute Gasteiger partial charge is 0.756 e. The number of esters is 1. The molecule has 0 aliphatic rings. The van der Waals surface area contributed by atoms with Gasteiger partial charge in [-0.2, -0.15) is 0 Å². The Kier molecular flexibility index (Phi) is 5.54. The molecule has 0 saturated carbocycles. The Hall–Kier alpha value is -0.540. The summed E-state index contributed by atoms with van der Waals surface area (Å²) in [6.07, 6.45) is -74.4. The quantitative estimate of drug-likeness (QED) is 0.128. The van der Waals surface area contributed by atoms with E-state index in [0.29, 0.717) is 0 Å². The Labute approximate surface area is 252 Å². The van der Waals surface area contributed by atoms with Gasteiger partial charge in [0.1, 0.15) is 12.2 Å². The van der Waals surface area contributed by atoms with E-state index in [0.717, 1.165) is 0 Å². The van der Waals surface area contributed by atoms with Gasteiger partial charge in [-0.3, -0.25) is 9.36 Å². The third kappa shape index (κ3) is 22.0. The van der Waals surface area contributed by atoms with Crippen LogP contribution in [0.5, 0.6) is 0 Å². The number of hydrogen-bond acceptors (Lipinski definition) is 9. The van der Waals surface area contributed by atoms with E-state index in [9.17, 15) is 19.4 Å². The zero-order valence-corrected chi connectivity index (χ0v) is 18.4. The second-order valence-corrected chi connectivity index (χ2v) is 6.60. The molecule has 204 valence electrons. The number of phosphoric ester groups is 1. The second-order valence-electron chi connectivity index (χ2n) is 5.19. The average Bonchev–Trinajstić information content (AvgIpc) is 3.14. The zero-order valence-electron chi connectivity index (χ0n) is 50.5. The lowest BCUT2D eigenvalue weighted by atomic mass is 10.0. The molecule has 0 rings (SSSR count). The third-order valence-electron chi connectivity index (χ3n) is 2.66. The fourth-order valence-electron chi connectivity index (χ4n) is 1.36. The maximum atomic E-state index is 13.2. The standard InChI is InChI=1S/C24H49O9P/c1-3-5-6-7-8-9-10-11-12-13-14-15-16-17-24(27)33-23(20-30-4-2)21-32-34(28,29)31-19-22(26)18-25/h22-23,25-26H,3-21H2,1-2H3,(H,28,29)/p-1/t22?,23-/m1/s1/i1D3,2D2,3D2,5D2,6D2,7D2,8D2,9D2,10D2,11D2,12D2,13D2,14D2,15D2,16D2,17D2. The molecule has 0 amide bonds. The van der Waals surface area contributed by atoms with Gasteiger partial charge in [0, 0.05) is 58.2 Å². The molecule has 0 fully saturated rings. The van der Waals surface area contributed by atoms with Crippen LogP contribution in [0.25, 0.3) is 0 Å². The normalized spacial score (nSPS) is 35.8. The van der Waals surface area contributed by atoms with Gasteiger partial charge in [0.25, 0.3) is 7.82 Å². The maximum absolute atomic E-state index is 13.2. The van der Waals surface area contributed by atoms with Crippen molar-refractivity contribution in [2.45, 2.75) is 115 Å². The summed E-state index contributed by atoms with van der Waals surface area (Å²) in [5.41, 5.74) is 0. The molecule has 9 nitrogen and oxygen atoms in total. The first-order chi connectivity index (χ1) is 28.9. The molecule has 10 heteroatoms. The number of carbonyl (C=O) groups excluding carboxylic acids is 1. The summed E-state index contributed by atoms with van der Waals surface area (Å²) in [7, 11) is -5.53. The van der Waals surface area contributed by atoms with Crippen LogP contribution in [0, 0.1) is 0 Å². The van der Waals surface area contributed by atoms with Crippen LogP contribution >= 0.6 is 7.82 Å². The van der Waals surface area contributed by atoms with Gasteiger partial charge >= 0.3 is 5.97 Å². The van der Waals surface area contributed by atoms with Crippen molar-refractivity contribution >= 4 is 13.8 Å². The van der Waals surface area contributed by atoms with Gasteiger partial charge in [-0.05, 0) is 13.2 Å². The molecule has 0 heterocycles. The van der Waals surface area contributed by atoms with E-state index in [1.165, 1.54) is 0 Å². The van der Waals surface area contributed by atoms with Crippen LogP contribution in [0.1, 0.15) is 148 Å². The van der Waals surface area contributed by atoms with E-state index >= 15 is 0 Å². The van der Waals surface area contributed by atoms with E-state index < -0.39 is 162 Å². The summed E-state index contributed by atoms with van der Waals surface area (Å²) in [6.45, 7) is -11.5. The lowest BCUT2D eigenvalue weighted by Gasteiger charge is -2.26. The van der Waals surface area contributed by atoms with Crippen LogP contribution in [0.4, 0.5) is 0 Å². The van der Waals surface area contributed by atoms with Gasteiger partial charge in [0.05, 0.1) is 26.4 Å². The minimum absolute atomic E-state index is 0.835. The van der Waals surface area contributed by atoms with E-state index in [1.807, 2.05) is 0 Å². The highest BCUT2D eigenvalue weighted by Gasteiger charge is 2.20. The molecule has 0 bridgehead atoms. The van der Waals surface area contributed by atoms with Crippen molar-refractivity contribution in [2.75, 3.05) is 33.0 Å². The van der Waals surface area contributed by atoms with Gasteiger partial charge < -0.3 is 33.6 Å². The molecule has 0 radical (unpaired) electrons. The first-order valence-electron chi connectivity index (χ1n) is 25.5. The predicted molar refractivity (Wildman–Crippen MR) is 129 cm³/mol. The highest BCUT2D eigenvalue weighted by molar-refractivity contribution is 7.45. The molecule has 34 heavy (non-hydrogen) atoms. The second kappa shape index (κ2) is 22.9. The third-order valence-corrected chi connectivity index (χ3v) is 3.59. The lowest BCUT2D eigenvalue weighted by molar-refractivity contribution is -0.230. The van der Waals surface area contributed by atoms with Crippen molar-refractivity contribution in [3.63, 3.8) is 0 Å². The van der Waals surface area contributed by atoms with Crippen molar-refractivity contribution in [3.05, 3.63) is 0 Å². The van der Waals surface area contributed by atoms with Gasteiger partial charge in [-0.15, -0.1) is 0 Å². The minimum Gasteiger partial charge on any atom is -0.756 e. The Morgan fingerprint density at radius 1 is 0.941 bits per heavy atom. The SMILES string of the molecule is [2H]C([2H])COC[C@H](COP(=O)([O-])OCC(O)CO)OC(=O)C([2H])([2H])C([2H])([2H])C([2H])([2H])C([2H])([2H])C([2H])([2H])C([2H])([2H])C([2H])([2H])C([2H])([2H])C([2H])([2H])C([2H])([2H])C([2H])([2H])C([2H])([2H])C([2H])([2H])C([2H])([2H])C([2H])([2H])[2H]. The van der Waals surface area contributed by atoms with Crippen LogP contribution in [0.15, 0.2) is 0 Å². The van der Waals surface area contributed by atoms with Crippen LogP contribution < -0.4 is 4.89 Å². The van der Waals surface area contributed by atoms with Gasteiger partial charge in [-0.1, -0.05) is 83.3 Å². The molecular weight excluding hydrogens is 463 g/mol. The topological polar surface area (TPSA) is 135 Å². The molecule has 0 aliphatic carbocycles. The summed E-state index contributed by atoms with van der Waals surface area (Å²) in [6, 6.07) is 0. The van der Waals surface area contributed by atoms with Crippen LogP contribution in [-0.2, 0) is 27.9 Å². The number of aliphatic hydroxyl groups excluding tert-OH is 2. The van der Waals surface area contributed by atoms with Gasteiger partial charge in [0.15, 0.2) is 0 Å². The Morgan fingerprint density at radius 2 is 1.50 bits per heavy atom. The molecule has 0 saturated heterocycles. The minimum atomic E-state index is -5.53. The first-order valence-corrected chi connectivity index (χ1v) is 10.4. The molecule has 0 spiro atoms. The van der Waals surface area contributed by atoms with Crippen LogP contribution in [0.2, 0.25) is 0 Å². The fraction of sp³-hybridized carbons (Fsp3) is 0.958. The summed E-state index contributed by atoms with van der Waals surface area (Å²) in [5, 5.41) is 18.1. The van der Waals surface area contributed by atoms with E-state index in [1.54, 1.807) is 0 Å². The predicted octanol–water partition coefficient (Wildman–Crippen LogP) is 4.27. The average molecular weight is 545 g/mol. The first kappa shape index (κ1) is 8.23. The molecule has 0 aromatic heterocycles. The van der Waals surface area contributed by atoms with Gasteiger partial charge in [0.2, 0.25) is 0 Å². The molecule has 2 unspecified atom stereocenters. The van der Waals surface area contributed by atoms with Gasteiger partial charge in [-0.25, -0.2) is 0 Å². The Bertz CT molecular complexity index is 1750. The number of carbonyl (C=O) groups is 1. The summed E-state index contributed by atoms with van der Waals surface area (Å²) >= 11 is 0. The molecule has 0 aliphatic heterocycles. The maximum Gasteiger partial charge on any atom is 0.306 e. The highest BCUT2D eigenvalue weighted by Crippen LogP contribution is 2.38. The molecular formula is C24H48O9P-. The van der Waals surface area contributed by atoms with Crippen LogP contribution in [-0.4, -0.2) is 61.4 Å². The lowest BCUT2D eigenvalue weighted by Crippen LogP contribution is -2.29. The van der Waals surface area contributed by atoms with E-state index in [2.05, 4.69) is 13.8 Å². The molecule has 0 aromatic carbocycles. The number of aliphatic hydroxyl groups is 2. The smallest absolute Gasteiger partial charge is 0.306 e. The molecule has 3 atom stereocenters. The molecule has 0 aromatic rings. The van der Waals surface area contributed by atoms with E-state index in [4.69, 9.17) is 55.1 Å². The summed E-state index contributed by atoms with van der Waals surface area (Å²) in [5.74, 6) is -2.63. The van der Waals surface area contributed by atoms with Crippen LogP contribution in [0.3, 0.4) is 0 Å². The molecule has 2 N–H and O–H groups in total. The van der Waals surface area contributed by atoms with Crippen molar-refractivity contribution in [3.8, 4) is 0 Å². The highest BCUT2D eigenvalue weighted by atomic mass is 31.2. The van der Waals surface area contributed by atoms with Crippen molar-refractivity contribution in [1.29, 1.82) is 0 Å². The van der Waals surface area contributed by atoms with Crippen molar-refractivity contribution in [2.24, 2.45) is 0 Å². The monoisotopic (exact) mass is 545 g/mol. The number of ether oxygens (including phenoxy) is 2. The fourth-order valence-corrected chi connectivity index (χ4v) is 2.14. The zero-order chi connectivity index (χ0) is 54.7. The Balaban J connectivity index is 7.43. The van der Waals surface area contributed by atoms with Crippen molar-refractivity contribution < 1.29 is 88.2 Å².